The van der Waals surface area contributed by atoms with Gasteiger partial charge in [0.25, 0.3) is 0 Å². The lowest BCUT2D eigenvalue weighted by Crippen LogP contribution is -2.16. The molecule has 2 aromatic heterocycles. The first-order chi connectivity index (χ1) is 8.19. The molecule has 0 radical (unpaired) electrons. The zero-order valence-electron chi connectivity index (χ0n) is 9.71. The Morgan fingerprint density at radius 1 is 1.53 bits per heavy atom. The first-order valence-corrected chi connectivity index (χ1v) is 6.05. The molecule has 0 aromatic carbocycles. The zero-order valence-corrected chi connectivity index (χ0v) is 10.5. The number of hydrogen-bond acceptors (Lipinski definition) is 5. The Bertz CT molecular complexity index is 556. The third-order valence-corrected chi connectivity index (χ3v) is 3.19. The maximum atomic E-state index is 8.80. The van der Waals surface area contributed by atoms with E-state index in [1.54, 1.807) is 23.6 Å². The van der Waals surface area contributed by atoms with E-state index in [0.29, 0.717) is 5.69 Å². The van der Waals surface area contributed by atoms with Crippen molar-refractivity contribution in [3.05, 3.63) is 40.1 Å². The smallest absolute Gasteiger partial charge is 0.142 e. The van der Waals surface area contributed by atoms with Crippen molar-refractivity contribution in [3.63, 3.8) is 0 Å². The van der Waals surface area contributed by atoms with Gasteiger partial charge < -0.3 is 4.90 Å². The summed E-state index contributed by atoms with van der Waals surface area (Å²) in [4.78, 5) is 10.4. The summed E-state index contributed by atoms with van der Waals surface area (Å²) in [5.74, 6) is 0. The highest BCUT2D eigenvalue weighted by molar-refractivity contribution is 7.09. The minimum Gasteiger partial charge on any atom is -0.369 e. The molecule has 0 saturated carbocycles. The largest absolute Gasteiger partial charge is 0.369 e. The second kappa shape index (κ2) is 4.93. The predicted octanol–water partition coefficient (Wildman–Crippen LogP) is 2.35. The second-order valence-electron chi connectivity index (χ2n) is 3.73. The number of pyridine rings is 1. The Kier molecular flexibility index (Phi) is 3.35. The number of anilines is 1. The Hall–Kier alpha value is -1.93. The fourth-order valence-corrected chi connectivity index (χ4v) is 2.14. The van der Waals surface area contributed by atoms with Crippen LogP contribution >= 0.6 is 11.3 Å². The highest BCUT2D eigenvalue weighted by atomic mass is 32.1. The average Bonchev–Trinajstić information content (AvgIpc) is 2.75. The molecule has 0 unspecified atom stereocenters. The number of rotatable bonds is 3. The molecule has 0 saturated heterocycles. The van der Waals surface area contributed by atoms with E-state index in [0.717, 1.165) is 22.9 Å². The van der Waals surface area contributed by atoms with Crippen LogP contribution in [0.5, 0.6) is 0 Å². The summed E-state index contributed by atoms with van der Waals surface area (Å²) in [6, 6.07) is 5.70. The molecule has 0 N–H and O–H groups in total. The van der Waals surface area contributed by atoms with E-state index in [4.69, 9.17) is 5.26 Å². The van der Waals surface area contributed by atoms with E-state index in [1.807, 2.05) is 26.1 Å². The van der Waals surface area contributed by atoms with E-state index < -0.39 is 0 Å². The predicted molar refractivity (Wildman–Crippen MR) is 67.9 cm³/mol. The normalized spacial score (nSPS) is 9.94. The molecule has 0 atom stereocenters. The van der Waals surface area contributed by atoms with Crippen LogP contribution in [0.2, 0.25) is 0 Å². The van der Waals surface area contributed by atoms with E-state index in [-0.39, 0.29) is 0 Å². The average molecular weight is 244 g/mol. The molecule has 86 valence electrons. The van der Waals surface area contributed by atoms with Gasteiger partial charge in [-0.15, -0.1) is 11.3 Å². The fourth-order valence-electron chi connectivity index (χ4n) is 1.53. The van der Waals surface area contributed by atoms with Gasteiger partial charge >= 0.3 is 0 Å². The highest BCUT2D eigenvalue weighted by Gasteiger charge is 2.05. The van der Waals surface area contributed by atoms with Crippen molar-refractivity contribution in [1.29, 1.82) is 5.26 Å². The van der Waals surface area contributed by atoms with Crippen LogP contribution in [-0.2, 0) is 6.54 Å². The molecule has 2 aromatic rings. The monoisotopic (exact) mass is 244 g/mol. The minimum atomic E-state index is 0.434. The molecular weight excluding hydrogens is 232 g/mol. The van der Waals surface area contributed by atoms with Crippen LogP contribution in [0.25, 0.3) is 0 Å². The molecule has 0 bridgehead atoms. The molecule has 2 heterocycles. The molecule has 0 fully saturated rings. The van der Waals surface area contributed by atoms with E-state index >= 15 is 0 Å². The maximum absolute atomic E-state index is 8.80. The van der Waals surface area contributed by atoms with Crippen molar-refractivity contribution in [2.45, 2.75) is 13.5 Å². The van der Waals surface area contributed by atoms with Crippen molar-refractivity contribution in [2.75, 3.05) is 11.9 Å². The molecule has 4 nitrogen and oxygen atoms in total. The van der Waals surface area contributed by atoms with Crippen LogP contribution < -0.4 is 4.90 Å². The van der Waals surface area contributed by atoms with Crippen LogP contribution in [0.1, 0.15) is 16.4 Å². The number of aryl methyl sites for hydroxylation is 1. The summed E-state index contributed by atoms with van der Waals surface area (Å²) in [6.45, 7) is 2.73. The molecule has 5 heteroatoms. The number of thiazole rings is 1. The summed E-state index contributed by atoms with van der Waals surface area (Å²) in [6.07, 6.45) is 1.65. The highest BCUT2D eigenvalue weighted by Crippen LogP contribution is 2.16. The van der Waals surface area contributed by atoms with Gasteiger partial charge in [0.1, 0.15) is 11.8 Å². The van der Waals surface area contributed by atoms with Crippen molar-refractivity contribution >= 4 is 17.0 Å². The summed E-state index contributed by atoms with van der Waals surface area (Å²) in [5, 5.41) is 11.9. The molecule has 2 rings (SSSR count). The van der Waals surface area contributed by atoms with Crippen molar-refractivity contribution in [2.24, 2.45) is 0 Å². The van der Waals surface area contributed by atoms with Crippen molar-refractivity contribution < 1.29 is 0 Å². The van der Waals surface area contributed by atoms with Crippen LogP contribution in [0.15, 0.2) is 23.7 Å². The maximum Gasteiger partial charge on any atom is 0.142 e. The lowest BCUT2D eigenvalue weighted by molar-refractivity contribution is 0.888. The van der Waals surface area contributed by atoms with E-state index in [1.165, 1.54) is 0 Å². The third kappa shape index (κ3) is 2.80. The second-order valence-corrected chi connectivity index (χ2v) is 4.79. The first-order valence-electron chi connectivity index (χ1n) is 5.17. The fraction of sp³-hybridized carbons (Fsp3) is 0.250. The van der Waals surface area contributed by atoms with Gasteiger partial charge in [-0.05, 0) is 19.1 Å². The van der Waals surface area contributed by atoms with Crippen LogP contribution in [0, 0.1) is 18.3 Å². The minimum absolute atomic E-state index is 0.434. The molecule has 0 aliphatic heterocycles. The Labute approximate surface area is 104 Å². The summed E-state index contributed by atoms with van der Waals surface area (Å²) < 4.78 is 0. The zero-order chi connectivity index (χ0) is 12.3. The van der Waals surface area contributed by atoms with Gasteiger partial charge in [-0.2, -0.15) is 5.26 Å². The number of nitriles is 1. The van der Waals surface area contributed by atoms with Crippen LogP contribution in [0.4, 0.5) is 5.69 Å². The first kappa shape index (κ1) is 11.6. The van der Waals surface area contributed by atoms with Crippen molar-refractivity contribution in [3.8, 4) is 6.07 Å². The van der Waals surface area contributed by atoms with E-state index in [9.17, 15) is 0 Å². The standard InChI is InChI=1S/C12H12N4S/c1-9-15-11(8-17-9)7-16(2)12-3-4-14-10(5-12)6-13/h3-5,8H,7H2,1-2H3. The molecule has 17 heavy (non-hydrogen) atoms. The van der Waals surface area contributed by atoms with E-state index in [2.05, 4.69) is 20.2 Å². The van der Waals surface area contributed by atoms with Gasteiger partial charge in [-0.1, -0.05) is 0 Å². The van der Waals surface area contributed by atoms with Crippen LogP contribution in [-0.4, -0.2) is 17.0 Å². The lowest BCUT2D eigenvalue weighted by Gasteiger charge is -2.17. The number of hydrogen-bond donors (Lipinski definition) is 0. The van der Waals surface area contributed by atoms with Gasteiger partial charge in [0.15, 0.2) is 0 Å². The van der Waals surface area contributed by atoms with Gasteiger partial charge in [0.2, 0.25) is 0 Å². The van der Waals surface area contributed by atoms with Crippen molar-refractivity contribution in [1.82, 2.24) is 9.97 Å². The topological polar surface area (TPSA) is 52.8 Å². The lowest BCUT2D eigenvalue weighted by atomic mass is 10.3. The van der Waals surface area contributed by atoms with Gasteiger partial charge in [-0.3, -0.25) is 0 Å². The number of nitrogens with zero attached hydrogens (tertiary/aromatic N) is 4. The van der Waals surface area contributed by atoms with Gasteiger partial charge in [-0.25, -0.2) is 9.97 Å². The summed E-state index contributed by atoms with van der Waals surface area (Å²) in [7, 11) is 1.98. The molecule has 0 amide bonds. The molecule has 0 aliphatic rings. The molecule has 0 spiro atoms. The van der Waals surface area contributed by atoms with Crippen LogP contribution in [0.3, 0.4) is 0 Å². The quantitative estimate of drug-likeness (QED) is 0.831. The molecule has 0 aliphatic carbocycles. The summed E-state index contributed by atoms with van der Waals surface area (Å²) >= 11 is 1.65. The third-order valence-electron chi connectivity index (χ3n) is 2.36. The Morgan fingerprint density at radius 3 is 3.00 bits per heavy atom. The molecular formula is C12H12N4S. The van der Waals surface area contributed by atoms with Gasteiger partial charge in [0, 0.05) is 24.3 Å². The summed E-state index contributed by atoms with van der Waals surface area (Å²) in [5.41, 5.74) is 2.45. The SMILES string of the molecule is Cc1nc(CN(C)c2ccnc(C#N)c2)cs1. The Morgan fingerprint density at radius 2 is 2.35 bits per heavy atom. The van der Waals surface area contributed by atoms with Gasteiger partial charge in [0.05, 0.1) is 17.2 Å². The Balaban J connectivity index is 2.14. The number of aromatic nitrogens is 2.